The van der Waals surface area contributed by atoms with E-state index in [1.165, 1.54) is 0 Å². The summed E-state index contributed by atoms with van der Waals surface area (Å²) in [5.74, 6) is -8.57. The summed E-state index contributed by atoms with van der Waals surface area (Å²) in [4.78, 5) is 2.99. The highest BCUT2D eigenvalue weighted by atomic mass is 79.9. The van der Waals surface area contributed by atoms with Crippen LogP contribution in [-0.4, -0.2) is 19.8 Å². The second-order valence-corrected chi connectivity index (χ2v) is 6.20. The molecule has 1 aliphatic rings. The minimum absolute atomic E-state index is 1.08. The van der Waals surface area contributed by atoms with Crippen LogP contribution >= 0.6 is 47.8 Å². The minimum Gasteiger partial charge on any atom is -0.239 e. The number of alkyl halides is 6. The van der Waals surface area contributed by atoms with Crippen molar-refractivity contribution < 1.29 is 17.6 Å². The SMILES string of the molecule is FC1(F)C(Br)=NC(Br)(Br)C1(F)F. The molecule has 0 saturated heterocycles. The predicted octanol–water partition coefficient (Wildman–Crippen LogP) is 3.51. The van der Waals surface area contributed by atoms with Gasteiger partial charge in [0.15, 0.2) is 4.62 Å². The molecule has 1 aliphatic heterocycles. The molecule has 12 heavy (non-hydrogen) atoms. The van der Waals surface area contributed by atoms with E-state index in [4.69, 9.17) is 0 Å². The van der Waals surface area contributed by atoms with Crippen LogP contribution in [0.25, 0.3) is 0 Å². The van der Waals surface area contributed by atoms with E-state index < -0.39 is 19.8 Å². The standard InChI is InChI=1S/C4Br3F4N/c5-1-2(8,9)3(10,11)4(6,7)12-1. The summed E-state index contributed by atoms with van der Waals surface area (Å²) in [6.45, 7) is 0. The molecule has 0 atom stereocenters. The van der Waals surface area contributed by atoms with Gasteiger partial charge in [0, 0.05) is 0 Å². The van der Waals surface area contributed by atoms with E-state index >= 15 is 0 Å². The summed E-state index contributed by atoms with van der Waals surface area (Å²) in [5, 5.41) is 0. The summed E-state index contributed by atoms with van der Waals surface area (Å²) in [6, 6.07) is 0. The monoisotopic (exact) mass is 375 g/mol. The van der Waals surface area contributed by atoms with Crippen LogP contribution in [0.2, 0.25) is 0 Å². The zero-order chi connectivity index (χ0) is 9.78. The van der Waals surface area contributed by atoms with E-state index in [0.717, 1.165) is 0 Å². The molecule has 0 N–H and O–H groups in total. The molecule has 0 spiro atoms. The van der Waals surface area contributed by atoms with Gasteiger partial charge in [0.1, 0.15) is 0 Å². The van der Waals surface area contributed by atoms with Crippen LogP contribution in [0.3, 0.4) is 0 Å². The zero-order valence-electron chi connectivity index (χ0n) is 5.09. The van der Waals surface area contributed by atoms with Gasteiger partial charge in [-0.15, -0.1) is 0 Å². The fourth-order valence-electron chi connectivity index (χ4n) is 0.582. The number of halogens is 7. The van der Waals surface area contributed by atoms with E-state index in [1.807, 2.05) is 0 Å². The number of rotatable bonds is 0. The molecule has 0 aliphatic carbocycles. The van der Waals surface area contributed by atoms with Gasteiger partial charge in [-0.3, -0.25) is 0 Å². The third-order valence-corrected chi connectivity index (χ3v) is 3.30. The van der Waals surface area contributed by atoms with Crippen LogP contribution < -0.4 is 0 Å². The van der Waals surface area contributed by atoms with Crippen molar-refractivity contribution in [1.82, 2.24) is 0 Å². The number of nitrogens with zero attached hydrogens (tertiary/aromatic N) is 1. The Kier molecular flexibility index (Phi) is 2.42. The van der Waals surface area contributed by atoms with Gasteiger partial charge < -0.3 is 0 Å². The topological polar surface area (TPSA) is 12.4 Å². The highest BCUT2D eigenvalue weighted by molar-refractivity contribution is 9.25. The first kappa shape index (κ1) is 10.9. The second-order valence-electron chi connectivity index (χ2n) is 2.09. The normalized spacial score (nSPS) is 30.1. The molecular weight excluding hydrogens is 378 g/mol. The Morgan fingerprint density at radius 3 is 1.58 bits per heavy atom. The van der Waals surface area contributed by atoms with E-state index in [9.17, 15) is 17.6 Å². The van der Waals surface area contributed by atoms with Crippen molar-refractivity contribution in [2.75, 3.05) is 0 Å². The van der Waals surface area contributed by atoms with Crippen molar-refractivity contribution in [3.8, 4) is 0 Å². The lowest BCUT2D eigenvalue weighted by molar-refractivity contribution is -0.156. The van der Waals surface area contributed by atoms with Gasteiger partial charge in [-0.2, -0.15) is 17.6 Å². The molecule has 1 heterocycles. The minimum atomic E-state index is -4.29. The number of hydrogen-bond donors (Lipinski definition) is 0. The molecule has 0 aromatic rings. The van der Waals surface area contributed by atoms with Crippen LogP contribution in [0.5, 0.6) is 0 Å². The number of hydrogen-bond acceptors (Lipinski definition) is 1. The summed E-state index contributed by atoms with van der Waals surface area (Å²) in [6.07, 6.45) is 0. The van der Waals surface area contributed by atoms with Gasteiger partial charge in [0.05, 0.1) is 0 Å². The predicted molar refractivity (Wildman–Crippen MR) is 46.8 cm³/mol. The van der Waals surface area contributed by atoms with Crippen LogP contribution in [0.15, 0.2) is 4.99 Å². The van der Waals surface area contributed by atoms with Crippen molar-refractivity contribution in [3.63, 3.8) is 0 Å². The van der Waals surface area contributed by atoms with Crippen molar-refractivity contribution in [3.05, 3.63) is 0 Å². The highest BCUT2D eigenvalue weighted by Gasteiger charge is 2.74. The maximum Gasteiger partial charge on any atom is 0.362 e. The lowest BCUT2D eigenvalue weighted by Gasteiger charge is -2.24. The van der Waals surface area contributed by atoms with Crippen LogP contribution in [0.4, 0.5) is 17.6 Å². The van der Waals surface area contributed by atoms with E-state index in [1.54, 1.807) is 0 Å². The van der Waals surface area contributed by atoms with Gasteiger partial charge in [0.2, 0.25) is 3.36 Å². The lowest BCUT2D eigenvalue weighted by Crippen LogP contribution is -2.48. The van der Waals surface area contributed by atoms with E-state index in [0.29, 0.717) is 0 Å². The maximum absolute atomic E-state index is 12.8. The van der Waals surface area contributed by atoms with Crippen LogP contribution in [0, 0.1) is 0 Å². The molecule has 0 saturated carbocycles. The van der Waals surface area contributed by atoms with Crippen LogP contribution in [0.1, 0.15) is 0 Å². The molecule has 0 unspecified atom stereocenters. The fraction of sp³-hybridized carbons (Fsp3) is 0.750. The Morgan fingerprint density at radius 2 is 1.50 bits per heavy atom. The smallest absolute Gasteiger partial charge is 0.239 e. The summed E-state index contributed by atoms with van der Waals surface area (Å²) < 4.78 is 47.3. The van der Waals surface area contributed by atoms with Crippen molar-refractivity contribution >= 4 is 52.4 Å². The van der Waals surface area contributed by atoms with Gasteiger partial charge in [0.25, 0.3) is 0 Å². The largest absolute Gasteiger partial charge is 0.362 e. The number of aliphatic imine (C=N–C) groups is 1. The third-order valence-electron chi connectivity index (χ3n) is 1.27. The first-order valence-electron chi connectivity index (χ1n) is 2.52. The average Bonchev–Trinajstić information content (AvgIpc) is 1.92. The zero-order valence-corrected chi connectivity index (χ0v) is 9.85. The Hall–Kier alpha value is 0.830. The molecule has 0 fully saturated rings. The fourth-order valence-corrected chi connectivity index (χ4v) is 2.43. The Morgan fingerprint density at radius 1 is 1.08 bits per heavy atom. The second kappa shape index (κ2) is 2.66. The quantitative estimate of drug-likeness (QED) is 0.348. The van der Waals surface area contributed by atoms with Crippen molar-refractivity contribution in [1.29, 1.82) is 0 Å². The van der Waals surface area contributed by atoms with E-state index in [2.05, 4.69) is 52.8 Å². The lowest BCUT2D eigenvalue weighted by atomic mass is 10.2. The van der Waals surface area contributed by atoms with Gasteiger partial charge in [-0.05, 0) is 47.8 Å². The first-order chi connectivity index (χ1) is 5.13. The molecule has 70 valence electrons. The van der Waals surface area contributed by atoms with Gasteiger partial charge >= 0.3 is 11.8 Å². The summed E-state index contributed by atoms with van der Waals surface area (Å²) in [5.41, 5.74) is 0. The summed E-state index contributed by atoms with van der Waals surface area (Å²) in [7, 11) is 0. The molecule has 0 aromatic heterocycles. The summed E-state index contributed by atoms with van der Waals surface area (Å²) >= 11 is 6.97. The Bertz CT molecular complexity index is 249. The van der Waals surface area contributed by atoms with Crippen LogP contribution in [-0.2, 0) is 0 Å². The van der Waals surface area contributed by atoms with Gasteiger partial charge in [-0.1, -0.05) is 0 Å². The highest BCUT2D eigenvalue weighted by Crippen LogP contribution is 2.57. The molecular formula is C4Br3F4N. The first-order valence-corrected chi connectivity index (χ1v) is 4.90. The van der Waals surface area contributed by atoms with Gasteiger partial charge in [-0.25, -0.2) is 4.99 Å². The molecule has 0 aromatic carbocycles. The molecule has 0 amide bonds. The Balaban J connectivity index is 3.22. The molecule has 0 bridgehead atoms. The van der Waals surface area contributed by atoms with Crippen molar-refractivity contribution in [2.24, 2.45) is 4.99 Å². The van der Waals surface area contributed by atoms with E-state index in [-0.39, 0.29) is 0 Å². The average molecular weight is 378 g/mol. The molecule has 8 heteroatoms. The third kappa shape index (κ3) is 1.18. The van der Waals surface area contributed by atoms with Crippen molar-refractivity contribution in [2.45, 2.75) is 15.2 Å². The Labute approximate surface area is 90.0 Å². The molecule has 1 rings (SSSR count). The maximum atomic E-state index is 12.8. The molecule has 0 radical (unpaired) electrons. The molecule has 1 nitrogen and oxygen atoms in total.